The van der Waals surface area contributed by atoms with Gasteiger partial charge in [0.25, 0.3) is 0 Å². The van der Waals surface area contributed by atoms with Crippen molar-refractivity contribution >= 4 is 5.91 Å². The number of carbonyl (C=O) groups is 1. The van der Waals surface area contributed by atoms with Gasteiger partial charge in [-0.25, -0.2) is 0 Å². The fourth-order valence-corrected chi connectivity index (χ4v) is 2.82. The summed E-state index contributed by atoms with van der Waals surface area (Å²) < 4.78 is 38.8. The topological polar surface area (TPSA) is 46.3 Å². The number of rotatable bonds is 3. The molecule has 0 bridgehead atoms. The van der Waals surface area contributed by atoms with Gasteiger partial charge in [-0.2, -0.15) is 13.2 Å². The van der Waals surface area contributed by atoms with Crippen molar-refractivity contribution in [2.45, 2.75) is 38.0 Å². The van der Waals surface area contributed by atoms with E-state index in [-0.39, 0.29) is 30.0 Å². The van der Waals surface area contributed by atoms with Gasteiger partial charge in [0.2, 0.25) is 5.91 Å². The number of alkyl halides is 3. The molecule has 1 aromatic carbocycles. The molecule has 0 unspecified atom stereocenters. The average molecular weight is 300 g/mol. The van der Waals surface area contributed by atoms with E-state index in [0.29, 0.717) is 12.8 Å². The highest BCUT2D eigenvalue weighted by Crippen LogP contribution is 2.33. The summed E-state index contributed by atoms with van der Waals surface area (Å²) in [5.41, 5.74) is 5.20. The molecule has 1 aliphatic carbocycles. The Labute approximate surface area is 121 Å². The summed E-state index contributed by atoms with van der Waals surface area (Å²) in [5.74, 6) is -0.289. The second kappa shape index (κ2) is 6.05. The molecule has 0 aliphatic heterocycles. The molecule has 2 atom stereocenters. The van der Waals surface area contributed by atoms with E-state index in [2.05, 4.69) is 0 Å². The fourth-order valence-electron chi connectivity index (χ4n) is 2.82. The lowest BCUT2D eigenvalue weighted by atomic mass is 10.0. The number of benzene rings is 1. The predicted octanol–water partition coefficient (Wildman–Crippen LogP) is 2.79. The van der Waals surface area contributed by atoms with Gasteiger partial charge in [0.15, 0.2) is 0 Å². The summed E-state index contributed by atoms with van der Waals surface area (Å²) in [7, 11) is 1.54. The van der Waals surface area contributed by atoms with Crippen LogP contribution in [0, 0.1) is 5.92 Å². The van der Waals surface area contributed by atoms with Crippen LogP contribution in [0.25, 0.3) is 0 Å². The van der Waals surface area contributed by atoms with Crippen molar-refractivity contribution in [3.05, 3.63) is 35.4 Å². The van der Waals surface area contributed by atoms with Crippen LogP contribution in [0.3, 0.4) is 0 Å². The van der Waals surface area contributed by atoms with E-state index < -0.39 is 11.7 Å². The molecule has 1 saturated carbocycles. The Bertz CT molecular complexity index is 516. The molecule has 2 N–H and O–H groups in total. The van der Waals surface area contributed by atoms with E-state index >= 15 is 0 Å². The minimum absolute atomic E-state index is 0.0230. The Morgan fingerprint density at radius 2 is 2.00 bits per heavy atom. The van der Waals surface area contributed by atoms with E-state index in [9.17, 15) is 18.0 Å². The number of hydrogen-bond acceptors (Lipinski definition) is 2. The Kier molecular flexibility index (Phi) is 4.56. The van der Waals surface area contributed by atoms with Gasteiger partial charge in [0.05, 0.1) is 5.56 Å². The molecular weight excluding hydrogens is 281 g/mol. The van der Waals surface area contributed by atoms with Crippen molar-refractivity contribution in [3.63, 3.8) is 0 Å². The number of nitrogens with two attached hydrogens (primary N) is 1. The number of nitrogens with zero attached hydrogens (tertiary/aromatic N) is 1. The molecule has 1 aliphatic rings. The summed E-state index contributed by atoms with van der Waals surface area (Å²) in [6, 6.07) is 5.37. The van der Waals surface area contributed by atoms with Crippen LogP contribution >= 0.6 is 0 Å². The number of hydrogen-bond donors (Lipinski definition) is 1. The molecule has 6 heteroatoms. The molecule has 2 rings (SSSR count). The van der Waals surface area contributed by atoms with Gasteiger partial charge in [0, 0.05) is 25.6 Å². The van der Waals surface area contributed by atoms with E-state index in [1.165, 1.54) is 17.0 Å². The summed E-state index contributed by atoms with van der Waals surface area (Å²) in [6.07, 6.45) is -2.28. The largest absolute Gasteiger partial charge is 0.416 e. The Hall–Kier alpha value is -1.56. The lowest BCUT2D eigenvalue weighted by Crippen LogP contribution is -2.32. The zero-order chi connectivity index (χ0) is 15.6. The Balaban J connectivity index is 2.09. The molecule has 1 amide bonds. The molecule has 1 aromatic rings. The first kappa shape index (κ1) is 15.8. The second-order valence-corrected chi connectivity index (χ2v) is 5.62. The maximum absolute atomic E-state index is 12.9. The first-order chi connectivity index (χ1) is 9.79. The molecule has 21 heavy (non-hydrogen) atoms. The number of amides is 1. The van der Waals surface area contributed by atoms with Gasteiger partial charge in [-0.05, 0) is 30.9 Å². The van der Waals surface area contributed by atoms with Gasteiger partial charge in [-0.1, -0.05) is 18.2 Å². The van der Waals surface area contributed by atoms with Crippen LogP contribution in [0.1, 0.15) is 30.4 Å². The highest BCUT2D eigenvalue weighted by Gasteiger charge is 2.34. The summed E-state index contributed by atoms with van der Waals surface area (Å²) in [4.78, 5) is 13.6. The standard InChI is InChI=1S/C15H19F3N2O/c1-20(14(21)10-6-7-12(19)8-10)9-11-4-2-3-5-13(11)15(16,17)18/h2-5,10,12H,6-9,19H2,1H3/t10-,12+/m0/s1. The highest BCUT2D eigenvalue weighted by molar-refractivity contribution is 5.79. The minimum Gasteiger partial charge on any atom is -0.341 e. The predicted molar refractivity (Wildman–Crippen MR) is 73.2 cm³/mol. The first-order valence-corrected chi connectivity index (χ1v) is 6.94. The van der Waals surface area contributed by atoms with Crippen LogP contribution < -0.4 is 5.73 Å². The Morgan fingerprint density at radius 3 is 2.57 bits per heavy atom. The summed E-state index contributed by atoms with van der Waals surface area (Å²) in [5, 5.41) is 0. The maximum atomic E-state index is 12.9. The van der Waals surface area contributed by atoms with Crippen LogP contribution in [0.5, 0.6) is 0 Å². The quantitative estimate of drug-likeness (QED) is 0.933. The first-order valence-electron chi connectivity index (χ1n) is 6.94. The maximum Gasteiger partial charge on any atom is 0.416 e. The molecule has 116 valence electrons. The van der Waals surface area contributed by atoms with Crippen molar-refractivity contribution in [1.82, 2.24) is 4.90 Å². The molecule has 0 aromatic heterocycles. The Morgan fingerprint density at radius 1 is 1.33 bits per heavy atom. The van der Waals surface area contributed by atoms with Crippen molar-refractivity contribution in [3.8, 4) is 0 Å². The molecule has 1 fully saturated rings. The average Bonchev–Trinajstić information content (AvgIpc) is 2.84. The van der Waals surface area contributed by atoms with Gasteiger partial charge >= 0.3 is 6.18 Å². The third-order valence-corrected chi connectivity index (χ3v) is 3.93. The molecule has 3 nitrogen and oxygen atoms in total. The third kappa shape index (κ3) is 3.75. The molecule has 0 saturated heterocycles. The minimum atomic E-state index is -4.41. The van der Waals surface area contributed by atoms with Crippen molar-refractivity contribution in [1.29, 1.82) is 0 Å². The molecular formula is C15H19F3N2O. The van der Waals surface area contributed by atoms with Gasteiger partial charge in [-0.3, -0.25) is 4.79 Å². The number of halogens is 3. The van der Waals surface area contributed by atoms with Crippen LogP contribution in [-0.4, -0.2) is 23.9 Å². The van der Waals surface area contributed by atoms with Crippen LogP contribution in [0.15, 0.2) is 24.3 Å². The monoisotopic (exact) mass is 300 g/mol. The lowest BCUT2D eigenvalue weighted by molar-refractivity contribution is -0.140. The van der Waals surface area contributed by atoms with Crippen LogP contribution in [0.4, 0.5) is 13.2 Å². The van der Waals surface area contributed by atoms with E-state index in [4.69, 9.17) is 5.73 Å². The van der Waals surface area contributed by atoms with Crippen molar-refractivity contribution in [2.24, 2.45) is 11.7 Å². The van der Waals surface area contributed by atoms with E-state index in [1.54, 1.807) is 13.1 Å². The third-order valence-electron chi connectivity index (χ3n) is 3.93. The van der Waals surface area contributed by atoms with Crippen molar-refractivity contribution < 1.29 is 18.0 Å². The van der Waals surface area contributed by atoms with E-state index in [0.717, 1.165) is 12.5 Å². The molecule has 0 radical (unpaired) electrons. The van der Waals surface area contributed by atoms with Gasteiger partial charge in [-0.15, -0.1) is 0 Å². The van der Waals surface area contributed by atoms with Crippen LogP contribution in [-0.2, 0) is 17.5 Å². The van der Waals surface area contributed by atoms with Crippen molar-refractivity contribution in [2.75, 3.05) is 7.05 Å². The molecule has 0 heterocycles. The highest BCUT2D eigenvalue weighted by atomic mass is 19.4. The number of carbonyl (C=O) groups excluding carboxylic acids is 1. The zero-order valence-electron chi connectivity index (χ0n) is 11.9. The smallest absolute Gasteiger partial charge is 0.341 e. The van der Waals surface area contributed by atoms with E-state index in [1.807, 2.05) is 0 Å². The zero-order valence-corrected chi connectivity index (χ0v) is 11.9. The lowest BCUT2D eigenvalue weighted by Gasteiger charge is -2.23. The second-order valence-electron chi connectivity index (χ2n) is 5.62. The summed E-state index contributed by atoms with van der Waals surface area (Å²) in [6.45, 7) is -0.0414. The van der Waals surface area contributed by atoms with Gasteiger partial charge < -0.3 is 10.6 Å². The summed E-state index contributed by atoms with van der Waals surface area (Å²) >= 11 is 0. The van der Waals surface area contributed by atoms with Gasteiger partial charge in [0.1, 0.15) is 0 Å². The fraction of sp³-hybridized carbons (Fsp3) is 0.533. The SMILES string of the molecule is CN(Cc1ccccc1C(F)(F)F)C(=O)[C@H]1CC[C@@H](N)C1. The normalized spacial score (nSPS) is 22.3. The van der Waals surface area contributed by atoms with Crippen LogP contribution in [0.2, 0.25) is 0 Å². The molecule has 0 spiro atoms.